The predicted molar refractivity (Wildman–Crippen MR) is 190 cm³/mol. The summed E-state index contributed by atoms with van der Waals surface area (Å²) in [6, 6.07) is 13.6. The highest BCUT2D eigenvalue weighted by atomic mass is 32.2. The number of pyridine rings is 1. The zero-order chi connectivity index (χ0) is 37.7. The summed E-state index contributed by atoms with van der Waals surface area (Å²) in [6.07, 6.45) is 3.31. The van der Waals surface area contributed by atoms with Gasteiger partial charge >= 0.3 is 12.1 Å². The van der Waals surface area contributed by atoms with Gasteiger partial charge in [-0.1, -0.05) is 56.5 Å². The van der Waals surface area contributed by atoms with Crippen LogP contribution in [-0.4, -0.2) is 70.1 Å². The molecule has 2 N–H and O–H groups in total. The van der Waals surface area contributed by atoms with Gasteiger partial charge in [0.15, 0.2) is 16.7 Å². The van der Waals surface area contributed by atoms with E-state index in [0.29, 0.717) is 42.9 Å². The predicted octanol–water partition coefficient (Wildman–Crippen LogP) is 7.31. The third-order valence-electron chi connectivity index (χ3n) is 9.18. The lowest BCUT2D eigenvalue weighted by Crippen LogP contribution is -2.42. The topological polar surface area (TPSA) is 152 Å². The monoisotopic (exact) mass is 743 g/mol. The molecular formula is C36H44F3N7O5S. The molecule has 1 aliphatic heterocycles. The number of anilines is 2. The van der Waals surface area contributed by atoms with Crippen LogP contribution < -0.4 is 14.4 Å². The number of aromatic nitrogens is 5. The quantitative estimate of drug-likeness (QED) is 0.179. The molecule has 0 amide bonds. The van der Waals surface area contributed by atoms with Crippen molar-refractivity contribution in [2.24, 2.45) is 10.8 Å². The minimum Gasteiger partial charge on any atom is -0.481 e. The van der Waals surface area contributed by atoms with Crippen molar-refractivity contribution >= 4 is 27.6 Å². The van der Waals surface area contributed by atoms with E-state index in [1.165, 1.54) is 29.2 Å². The molecule has 5 rings (SSSR count). The molecule has 0 fully saturated rings. The summed E-state index contributed by atoms with van der Waals surface area (Å²) in [6.45, 7) is 5.71. The number of aryl methyl sites for hydroxylation is 1. The van der Waals surface area contributed by atoms with Gasteiger partial charge in [0.25, 0.3) is 10.0 Å². The number of rotatable bonds is 9. The van der Waals surface area contributed by atoms with Gasteiger partial charge in [-0.25, -0.2) is 19.6 Å². The average Bonchev–Trinajstić information content (AvgIpc) is 3.56. The molecule has 4 bridgehead atoms. The molecule has 1 aromatic carbocycles. The van der Waals surface area contributed by atoms with Crippen molar-refractivity contribution in [3.63, 3.8) is 0 Å². The van der Waals surface area contributed by atoms with E-state index in [4.69, 9.17) is 9.72 Å². The molecule has 0 spiro atoms. The Morgan fingerprint density at radius 1 is 1.00 bits per heavy atom. The van der Waals surface area contributed by atoms with Crippen molar-refractivity contribution in [1.29, 1.82) is 0 Å². The molecule has 52 heavy (non-hydrogen) atoms. The summed E-state index contributed by atoms with van der Waals surface area (Å²) in [5.41, 5.74) is -1.27. The largest absolute Gasteiger partial charge is 0.481 e. The first-order valence-corrected chi connectivity index (χ1v) is 18.7. The molecule has 16 heteroatoms. The lowest BCUT2D eigenvalue weighted by molar-refractivity contribution is -0.219. The van der Waals surface area contributed by atoms with Crippen LogP contribution in [0.15, 0.2) is 66.0 Å². The molecule has 0 aliphatic carbocycles. The molecular weight excluding hydrogens is 700 g/mol. The van der Waals surface area contributed by atoms with Crippen LogP contribution >= 0.6 is 0 Å². The number of ether oxygens (including phenoxy) is 1. The van der Waals surface area contributed by atoms with Crippen molar-refractivity contribution in [2.75, 3.05) is 29.3 Å². The van der Waals surface area contributed by atoms with E-state index in [1.807, 2.05) is 36.1 Å². The summed E-state index contributed by atoms with van der Waals surface area (Å²) >= 11 is 0. The number of halogens is 3. The van der Waals surface area contributed by atoms with Crippen LogP contribution in [0.4, 0.5) is 24.8 Å². The van der Waals surface area contributed by atoms with Crippen molar-refractivity contribution in [1.82, 2.24) is 24.7 Å². The molecule has 0 radical (unpaired) electrons. The van der Waals surface area contributed by atoms with Crippen LogP contribution in [0, 0.1) is 10.8 Å². The van der Waals surface area contributed by atoms with Gasteiger partial charge in [0.2, 0.25) is 5.88 Å². The van der Waals surface area contributed by atoms with Gasteiger partial charge in [-0.2, -0.15) is 21.6 Å². The fourth-order valence-corrected chi connectivity index (χ4v) is 6.93. The number of carbonyl (C=O) groups is 1. The van der Waals surface area contributed by atoms with E-state index in [2.05, 4.69) is 19.8 Å². The molecule has 1 aliphatic rings. The summed E-state index contributed by atoms with van der Waals surface area (Å²) < 4.78 is 77.1. The Morgan fingerprint density at radius 2 is 1.75 bits per heavy atom. The van der Waals surface area contributed by atoms with Crippen molar-refractivity contribution < 1.29 is 36.2 Å². The Balaban J connectivity index is 1.54. The SMILES string of the molecule is CCC[C@@](C)(CN1CCCCCCc2ccccc2-c2nc(cnc2-n2ccc(OCC(C)(C)C(F)(F)F)n2)NS(=O)(=O)c2cccc1n2)C(=O)O. The molecule has 4 heterocycles. The number of benzene rings is 1. The number of aliphatic carboxylic acids is 1. The van der Waals surface area contributed by atoms with Gasteiger partial charge in [-0.15, -0.1) is 5.10 Å². The molecule has 0 unspecified atom stereocenters. The number of carboxylic acids is 1. The van der Waals surface area contributed by atoms with Crippen LogP contribution in [0.1, 0.15) is 71.8 Å². The molecule has 0 saturated carbocycles. The van der Waals surface area contributed by atoms with E-state index in [0.717, 1.165) is 45.1 Å². The summed E-state index contributed by atoms with van der Waals surface area (Å²) in [4.78, 5) is 27.9. The van der Waals surface area contributed by atoms with Gasteiger partial charge in [0.1, 0.15) is 18.1 Å². The van der Waals surface area contributed by atoms with Crippen LogP contribution in [0.5, 0.6) is 5.88 Å². The number of fused-ring (bicyclic) bond motifs is 6. The molecule has 12 nitrogen and oxygen atoms in total. The summed E-state index contributed by atoms with van der Waals surface area (Å²) in [5.74, 6) is -0.516. The third-order valence-corrected chi connectivity index (χ3v) is 10.4. The Morgan fingerprint density at radius 3 is 2.48 bits per heavy atom. The maximum absolute atomic E-state index is 13.8. The number of hydrogen-bond donors (Lipinski definition) is 2. The third kappa shape index (κ3) is 8.82. The van der Waals surface area contributed by atoms with Gasteiger partial charge in [-0.3, -0.25) is 9.52 Å². The molecule has 4 aromatic rings. The van der Waals surface area contributed by atoms with Crippen LogP contribution in [-0.2, 0) is 21.2 Å². The van der Waals surface area contributed by atoms with Gasteiger partial charge in [0, 0.05) is 30.9 Å². The standard InChI is InChI=1S/C36H44F3N7O5S/c1-5-19-35(4,33(47)48)23-45-20-11-7-6-8-13-25-14-9-10-15-26(25)31-32(46-21-18-29(43-46)51-24-34(2,3)36(37,38)39)40-22-27(41-31)44-52(49,50)30-17-12-16-28(45)42-30/h9-10,12,14-18,21-22H,5-8,11,13,19-20,23-24H2,1-4H3,(H,41,44)(H,47,48)/t35-/m0/s1. The number of hydrogen-bond acceptors (Lipinski definition) is 9. The molecule has 280 valence electrons. The maximum atomic E-state index is 13.8. The molecule has 0 saturated heterocycles. The Kier molecular flexibility index (Phi) is 11.5. The Hall–Kier alpha value is -4.73. The lowest BCUT2D eigenvalue weighted by Gasteiger charge is -2.33. The van der Waals surface area contributed by atoms with Gasteiger partial charge < -0.3 is 14.7 Å². The summed E-state index contributed by atoms with van der Waals surface area (Å²) in [5, 5.41) is 14.2. The van der Waals surface area contributed by atoms with Crippen molar-refractivity contribution in [2.45, 2.75) is 83.8 Å². The van der Waals surface area contributed by atoms with Crippen LogP contribution in [0.3, 0.4) is 0 Å². The first-order valence-electron chi connectivity index (χ1n) is 17.2. The molecule has 3 aromatic heterocycles. The van der Waals surface area contributed by atoms with E-state index in [9.17, 15) is 31.5 Å². The van der Waals surface area contributed by atoms with E-state index in [-0.39, 0.29) is 29.1 Å². The number of nitrogens with zero attached hydrogens (tertiary/aromatic N) is 6. The zero-order valence-corrected chi connectivity index (χ0v) is 30.5. The molecule has 1 atom stereocenters. The fraction of sp³-hybridized carbons (Fsp3) is 0.472. The second-order valence-electron chi connectivity index (χ2n) is 14.0. The number of alkyl halides is 3. The second kappa shape index (κ2) is 15.5. The van der Waals surface area contributed by atoms with E-state index >= 15 is 0 Å². The number of carboxylic acid groups (broad SMARTS) is 1. The Bertz CT molecular complexity index is 1990. The average molecular weight is 744 g/mol. The van der Waals surface area contributed by atoms with Crippen molar-refractivity contribution in [3.05, 3.63) is 66.5 Å². The van der Waals surface area contributed by atoms with Crippen LogP contribution in [0.25, 0.3) is 17.1 Å². The first-order chi connectivity index (χ1) is 24.5. The normalized spacial score (nSPS) is 16.6. The fourth-order valence-electron chi connectivity index (χ4n) is 5.98. The van der Waals surface area contributed by atoms with Gasteiger partial charge in [0.05, 0.1) is 17.0 Å². The minimum absolute atomic E-state index is 0.0491. The number of sulfonamides is 1. The summed E-state index contributed by atoms with van der Waals surface area (Å²) in [7, 11) is -4.31. The highest BCUT2D eigenvalue weighted by Gasteiger charge is 2.48. The second-order valence-corrected chi connectivity index (χ2v) is 15.6. The zero-order valence-electron chi connectivity index (χ0n) is 29.7. The van der Waals surface area contributed by atoms with Crippen molar-refractivity contribution in [3.8, 4) is 23.0 Å². The highest BCUT2D eigenvalue weighted by molar-refractivity contribution is 7.92. The van der Waals surface area contributed by atoms with E-state index in [1.54, 1.807) is 19.1 Å². The van der Waals surface area contributed by atoms with Gasteiger partial charge in [-0.05, 0) is 64.2 Å². The Labute approximate surface area is 301 Å². The first kappa shape index (κ1) is 38.5. The number of nitrogens with one attached hydrogen (secondary N) is 1. The lowest BCUT2D eigenvalue weighted by atomic mass is 9.85. The highest BCUT2D eigenvalue weighted by Crippen LogP contribution is 2.38. The minimum atomic E-state index is -4.48. The van der Waals surface area contributed by atoms with E-state index < -0.39 is 39.6 Å². The maximum Gasteiger partial charge on any atom is 0.397 e. The smallest absolute Gasteiger partial charge is 0.397 e. The van der Waals surface area contributed by atoms with Crippen LogP contribution in [0.2, 0.25) is 0 Å².